The Morgan fingerprint density at radius 2 is 1.83 bits per heavy atom. The van der Waals surface area contributed by atoms with Gasteiger partial charge in [0.25, 0.3) is 0 Å². The number of sulfonamides is 1. The van der Waals surface area contributed by atoms with Crippen molar-refractivity contribution in [1.82, 2.24) is 4.31 Å². The number of methoxy groups -OCH3 is 1. The number of carboxylic acids is 1. The van der Waals surface area contributed by atoms with Crippen molar-refractivity contribution in [2.45, 2.75) is 42.5 Å². The fourth-order valence-corrected chi connectivity index (χ4v) is 4.08. The van der Waals surface area contributed by atoms with Crippen LogP contribution < -0.4 is 0 Å². The molecule has 6 nitrogen and oxygen atoms in total. The third-order valence-electron chi connectivity index (χ3n) is 4.68. The maximum Gasteiger partial charge on any atom is 0.313 e. The van der Waals surface area contributed by atoms with Crippen molar-refractivity contribution in [1.29, 1.82) is 0 Å². The van der Waals surface area contributed by atoms with Gasteiger partial charge < -0.3 is 9.84 Å². The van der Waals surface area contributed by atoms with E-state index in [1.807, 2.05) is 0 Å². The molecule has 1 fully saturated rings. The normalized spacial score (nSPS) is 17.3. The number of aliphatic carboxylic acids is 1. The summed E-state index contributed by atoms with van der Waals surface area (Å²) in [6.07, 6.45) is 1.56. The van der Waals surface area contributed by atoms with Crippen LogP contribution in [-0.4, -0.2) is 50.1 Å². The molecule has 0 heterocycles. The summed E-state index contributed by atoms with van der Waals surface area (Å²) in [6, 6.07) is 6.05. The molecule has 0 atom stereocenters. The summed E-state index contributed by atoms with van der Waals surface area (Å²) in [5, 5.41) is 9.25. The number of benzene rings is 1. The van der Waals surface area contributed by atoms with Crippen molar-refractivity contribution < 1.29 is 23.1 Å². The first kappa shape index (κ1) is 17.9. The minimum Gasteiger partial charge on any atom is -0.481 e. The molecule has 0 saturated heterocycles. The molecule has 1 aliphatic carbocycles. The average molecular weight is 341 g/mol. The van der Waals surface area contributed by atoms with E-state index in [0.717, 1.165) is 12.8 Å². The Kier molecular flexibility index (Phi) is 4.58. The van der Waals surface area contributed by atoms with Crippen LogP contribution in [0, 0.1) is 0 Å². The van der Waals surface area contributed by atoms with Crippen LogP contribution in [-0.2, 0) is 25.0 Å². The minimum absolute atomic E-state index is 0.160. The van der Waals surface area contributed by atoms with Gasteiger partial charge in [0.2, 0.25) is 10.0 Å². The maximum atomic E-state index is 12.7. The van der Waals surface area contributed by atoms with Crippen LogP contribution in [0.2, 0.25) is 0 Å². The number of rotatable bonds is 7. The third kappa shape index (κ3) is 3.13. The van der Waals surface area contributed by atoms with Crippen molar-refractivity contribution in [3.8, 4) is 0 Å². The second-order valence-corrected chi connectivity index (χ2v) is 8.55. The summed E-state index contributed by atoms with van der Waals surface area (Å²) >= 11 is 0. The lowest BCUT2D eigenvalue weighted by atomic mass is 9.85. The molecule has 2 rings (SSSR count). The maximum absolute atomic E-state index is 12.7. The highest BCUT2D eigenvalue weighted by atomic mass is 32.2. The van der Waals surface area contributed by atoms with Crippen LogP contribution in [0.3, 0.4) is 0 Å². The number of carboxylic acid groups (broad SMARTS) is 1. The lowest BCUT2D eigenvalue weighted by molar-refractivity contribution is -0.142. The molecule has 0 aliphatic heterocycles. The molecule has 0 unspecified atom stereocenters. The van der Waals surface area contributed by atoms with Gasteiger partial charge in [-0.15, -0.1) is 0 Å². The number of carbonyl (C=O) groups is 1. The Balaban J connectivity index is 2.30. The number of hydrogen-bond acceptors (Lipinski definition) is 4. The van der Waals surface area contributed by atoms with E-state index in [9.17, 15) is 18.3 Å². The van der Waals surface area contributed by atoms with Gasteiger partial charge in [-0.05, 0) is 44.4 Å². The first-order chi connectivity index (χ1) is 10.6. The van der Waals surface area contributed by atoms with Gasteiger partial charge in [-0.25, -0.2) is 8.42 Å². The number of likely N-dealkylation sites (N-methyl/N-ethyl adjacent to an activating group) is 1. The van der Waals surface area contributed by atoms with Gasteiger partial charge in [0.05, 0.1) is 22.5 Å². The van der Waals surface area contributed by atoms with Gasteiger partial charge in [-0.3, -0.25) is 4.79 Å². The predicted molar refractivity (Wildman–Crippen MR) is 85.9 cm³/mol. The second-order valence-electron chi connectivity index (χ2n) is 6.58. The van der Waals surface area contributed by atoms with Crippen LogP contribution in [0.15, 0.2) is 29.2 Å². The van der Waals surface area contributed by atoms with Crippen molar-refractivity contribution in [2.75, 3.05) is 20.8 Å². The van der Waals surface area contributed by atoms with E-state index in [4.69, 9.17) is 4.74 Å². The zero-order chi connectivity index (χ0) is 17.5. The highest BCUT2D eigenvalue weighted by Gasteiger charge is 2.51. The first-order valence-electron chi connectivity index (χ1n) is 7.40. The van der Waals surface area contributed by atoms with E-state index >= 15 is 0 Å². The minimum atomic E-state index is -3.63. The molecule has 0 spiro atoms. The van der Waals surface area contributed by atoms with E-state index in [2.05, 4.69) is 0 Å². The summed E-state index contributed by atoms with van der Waals surface area (Å²) in [6.45, 7) is 3.54. The molecule has 0 amide bonds. The largest absolute Gasteiger partial charge is 0.481 e. The van der Waals surface area contributed by atoms with Crippen LogP contribution >= 0.6 is 0 Å². The smallest absolute Gasteiger partial charge is 0.313 e. The topological polar surface area (TPSA) is 83.9 Å². The second kappa shape index (κ2) is 5.89. The molecule has 1 aliphatic rings. The summed E-state index contributed by atoms with van der Waals surface area (Å²) in [7, 11) is -0.508. The van der Waals surface area contributed by atoms with Gasteiger partial charge >= 0.3 is 5.97 Å². The van der Waals surface area contributed by atoms with Crippen LogP contribution in [0.25, 0.3) is 0 Å². The number of hydrogen-bond donors (Lipinski definition) is 1. The van der Waals surface area contributed by atoms with Gasteiger partial charge in [0, 0.05) is 14.2 Å². The van der Waals surface area contributed by atoms with Gasteiger partial charge in [-0.1, -0.05) is 12.1 Å². The van der Waals surface area contributed by atoms with Crippen molar-refractivity contribution in [2.24, 2.45) is 0 Å². The SMILES string of the molecule is COCC1(N(C)S(=O)(=O)c2ccc(C(C)(C)C(=O)O)cc2)CC1. The molecule has 23 heavy (non-hydrogen) atoms. The Bertz CT molecular complexity index is 690. The molecule has 7 heteroatoms. The average Bonchev–Trinajstić information content (AvgIpc) is 3.27. The molecule has 1 N–H and O–H groups in total. The van der Waals surface area contributed by atoms with E-state index < -0.39 is 26.9 Å². The van der Waals surface area contributed by atoms with Gasteiger partial charge in [-0.2, -0.15) is 4.31 Å². The van der Waals surface area contributed by atoms with Crippen LogP contribution in [0.5, 0.6) is 0 Å². The molecule has 0 bridgehead atoms. The monoisotopic (exact) mass is 341 g/mol. The van der Waals surface area contributed by atoms with E-state index in [-0.39, 0.29) is 4.90 Å². The van der Waals surface area contributed by atoms with Gasteiger partial charge in [0.1, 0.15) is 0 Å². The summed E-state index contributed by atoms with van der Waals surface area (Å²) in [5.74, 6) is -0.956. The molecule has 128 valence electrons. The quantitative estimate of drug-likeness (QED) is 0.818. The van der Waals surface area contributed by atoms with E-state index in [0.29, 0.717) is 12.2 Å². The zero-order valence-electron chi connectivity index (χ0n) is 13.9. The van der Waals surface area contributed by atoms with E-state index in [1.54, 1.807) is 40.1 Å². The van der Waals surface area contributed by atoms with Crippen molar-refractivity contribution in [3.63, 3.8) is 0 Å². The molecule has 1 saturated carbocycles. The highest BCUT2D eigenvalue weighted by Crippen LogP contribution is 2.43. The molecular formula is C16H23NO5S. The summed E-state index contributed by atoms with van der Waals surface area (Å²) < 4.78 is 32.0. The summed E-state index contributed by atoms with van der Waals surface area (Å²) in [5.41, 5.74) is -0.959. The van der Waals surface area contributed by atoms with Crippen molar-refractivity contribution >= 4 is 16.0 Å². The lowest BCUT2D eigenvalue weighted by Crippen LogP contribution is -2.41. The zero-order valence-corrected chi connectivity index (χ0v) is 14.7. The van der Waals surface area contributed by atoms with Crippen LogP contribution in [0.4, 0.5) is 0 Å². The fraction of sp³-hybridized carbons (Fsp3) is 0.562. The van der Waals surface area contributed by atoms with Gasteiger partial charge in [0.15, 0.2) is 0 Å². The first-order valence-corrected chi connectivity index (χ1v) is 8.84. The standard InChI is InChI=1S/C16H23NO5S/c1-15(2,14(18)19)12-5-7-13(8-6-12)23(20,21)17(3)16(9-10-16)11-22-4/h5-8H,9-11H2,1-4H3,(H,18,19). The van der Waals surface area contributed by atoms with E-state index in [1.165, 1.54) is 16.4 Å². The predicted octanol–water partition coefficient (Wildman–Crippen LogP) is 1.85. The third-order valence-corrected chi connectivity index (χ3v) is 6.65. The Morgan fingerprint density at radius 3 is 2.22 bits per heavy atom. The highest BCUT2D eigenvalue weighted by molar-refractivity contribution is 7.89. The molecule has 0 aromatic heterocycles. The fourth-order valence-electron chi connectivity index (χ4n) is 2.54. The van der Waals surface area contributed by atoms with Crippen molar-refractivity contribution in [3.05, 3.63) is 29.8 Å². The molecular weight excluding hydrogens is 318 g/mol. The summed E-state index contributed by atoms with van der Waals surface area (Å²) in [4.78, 5) is 11.4. The number of nitrogens with zero attached hydrogens (tertiary/aromatic N) is 1. The Labute approximate surface area is 137 Å². The van der Waals surface area contributed by atoms with Crippen LogP contribution in [0.1, 0.15) is 32.3 Å². The number of ether oxygens (including phenoxy) is 1. The molecule has 1 aromatic carbocycles. The molecule has 1 aromatic rings. The molecule has 0 radical (unpaired) electrons. The lowest BCUT2D eigenvalue weighted by Gasteiger charge is -2.27. The Hall–Kier alpha value is -1.44. The Morgan fingerprint density at radius 1 is 1.30 bits per heavy atom.